The fourth-order valence-corrected chi connectivity index (χ4v) is 2.26. The van der Waals surface area contributed by atoms with Gasteiger partial charge in [0.05, 0.1) is 0 Å². The summed E-state index contributed by atoms with van der Waals surface area (Å²) in [5.41, 5.74) is 0. The van der Waals surface area contributed by atoms with Gasteiger partial charge in [0.1, 0.15) is 0 Å². The van der Waals surface area contributed by atoms with Crippen LogP contribution in [0.4, 0.5) is 0 Å². The summed E-state index contributed by atoms with van der Waals surface area (Å²) >= 11 is 0. The minimum Gasteiger partial charge on any atom is -0.0625 e. The highest BCUT2D eigenvalue weighted by Crippen LogP contribution is 2.38. The highest BCUT2D eigenvalue weighted by Gasteiger charge is 2.28. The fraction of sp³-hybridized carbons (Fsp3) is 1.00. The lowest BCUT2D eigenvalue weighted by molar-refractivity contribution is 0.340. The van der Waals surface area contributed by atoms with Gasteiger partial charge in [0, 0.05) is 8.41 Å². The van der Waals surface area contributed by atoms with Crippen molar-refractivity contribution >= 4 is 8.41 Å². The fourth-order valence-electron chi connectivity index (χ4n) is 2.26. The van der Waals surface area contributed by atoms with Crippen molar-refractivity contribution in [3.8, 4) is 0 Å². The topological polar surface area (TPSA) is 0 Å². The van der Waals surface area contributed by atoms with E-state index in [1.165, 1.54) is 19.3 Å². The lowest BCUT2D eigenvalue weighted by atomic mass is 9.89. The van der Waals surface area contributed by atoms with E-state index in [1.54, 1.807) is 0 Å². The van der Waals surface area contributed by atoms with Gasteiger partial charge in [-0.1, -0.05) is 27.7 Å². The summed E-state index contributed by atoms with van der Waals surface area (Å²) in [6, 6.07) is 0. The van der Waals surface area contributed by atoms with Crippen LogP contribution in [0.25, 0.3) is 0 Å². The van der Waals surface area contributed by atoms with E-state index >= 15 is 0 Å². The molecule has 0 heterocycles. The minimum atomic E-state index is 0. The van der Waals surface area contributed by atoms with Crippen LogP contribution in [-0.4, -0.2) is 8.41 Å². The zero-order chi connectivity index (χ0) is 8.43. The SMILES string of the molecule is CC(C)C1CCC(C(C)C)C1.[B]. The van der Waals surface area contributed by atoms with E-state index < -0.39 is 0 Å². The summed E-state index contributed by atoms with van der Waals surface area (Å²) < 4.78 is 0. The first-order valence-electron chi connectivity index (χ1n) is 5.11. The lowest BCUT2D eigenvalue weighted by Crippen LogP contribution is -2.07. The minimum absolute atomic E-state index is 0. The maximum absolute atomic E-state index is 2.37. The van der Waals surface area contributed by atoms with Crippen LogP contribution in [0.5, 0.6) is 0 Å². The smallest absolute Gasteiger partial charge is 0 e. The molecule has 1 heteroatoms. The van der Waals surface area contributed by atoms with Crippen molar-refractivity contribution in [3.63, 3.8) is 0 Å². The molecule has 0 aliphatic heterocycles. The van der Waals surface area contributed by atoms with Crippen LogP contribution in [0, 0.1) is 23.7 Å². The van der Waals surface area contributed by atoms with Gasteiger partial charge in [-0.15, -0.1) is 0 Å². The molecule has 0 bridgehead atoms. The highest BCUT2D eigenvalue weighted by molar-refractivity contribution is 5.75. The predicted octanol–water partition coefficient (Wildman–Crippen LogP) is 3.33. The van der Waals surface area contributed by atoms with E-state index in [-0.39, 0.29) is 8.41 Å². The molecule has 0 aromatic heterocycles. The Hall–Kier alpha value is 0.0649. The van der Waals surface area contributed by atoms with Gasteiger partial charge < -0.3 is 0 Å². The molecule has 0 saturated heterocycles. The molecule has 0 N–H and O–H groups in total. The molecule has 0 aromatic rings. The third kappa shape index (κ3) is 2.84. The zero-order valence-corrected chi connectivity index (χ0v) is 9.01. The van der Waals surface area contributed by atoms with E-state index in [2.05, 4.69) is 27.7 Å². The van der Waals surface area contributed by atoms with Gasteiger partial charge in [-0.2, -0.15) is 0 Å². The summed E-state index contributed by atoms with van der Waals surface area (Å²) in [6.07, 6.45) is 4.47. The first kappa shape index (κ1) is 12.1. The van der Waals surface area contributed by atoms with E-state index in [0.29, 0.717) is 0 Å². The molecule has 1 rings (SSSR count). The van der Waals surface area contributed by atoms with Gasteiger partial charge in [0.15, 0.2) is 0 Å². The monoisotopic (exact) mass is 165 g/mol. The Kier molecular flexibility index (Phi) is 4.97. The first-order valence-corrected chi connectivity index (χ1v) is 5.11. The summed E-state index contributed by atoms with van der Waals surface area (Å²) in [4.78, 5) is 0. The Balaban J connectivity index is 0.00000121. The molecule has 0 amide bonds. The molecule has 1 saturated carbocycles. The van der Waals surface area contributed by atoms with Crippen molar-refractivity contribution in [2.24, 2.45) is 23.7 Å². The molecule has 0 spiro atoms. The molecule has 3 radical (unpaired) electrons. The molecule has 0 nitrogen and oxygen atoms in total. The standard InChI is InChI=1S/C11H22.B/c1-8(2)10-5-6-11(7-10)9(3)4;/h8-11H,5-7H2,1-4H3;. The highest BCUT2D eigenvalue weighted by atomic mass is 14.3. The predicted molar refractivity (Wildman–Crippen MR) is 56.3 cm³/mol. The summed E-state index contributed by atoms with van der Waals surface area (Å²) in [5, 5.41) is 0. The Bertz CT molecular complexity index is 104. The average molecular weight is 165 g/mol. The molecule has 2 atom stereocenters. The van der Waals surface area contributed by atoms with E-state index in [4.69, 9.17) is 0 Å². The number of hydrogen-bond acceptors (Lipinski definition) is 0. The van der Waals surface area contributed by atoms with E-state index in [9.17, 15) is 0 Å². The van der Waals surface area contributed by atoms with Crippen LogP contribution < -0.4 is 0 Å². The van der Waals surface area contributed by atoms with E-state index in [1.807, 2.05) is 0 Å². The average Bonchev–Trinajstić information content (AvgIpc) is 2.33. The normalized spacial score (nSPS) is 29.5. The molecular formula is C11H22B. The second-order valence-electron chi connectivity index (χ2n) is 4.82. The van der Waals surface area contributed by atoms with Crippen LogP contribution in [0.1, 0.15) is 47.0 Å². The van der Waals surface area contributed by atoms with Gasteiger partial charge in [-0.3, -0.25) is 0 Å². The second-order valence-corrected chi connectivity index (χ2v) is 4.82. The molecule has 1 aliphatic carbocycles. The zero-order valence-electron chi connectivity index (χ0n) is 9.01. The number of hydrogen-bond donors (Lipinski definition) is 0. The third-order valence-electron chi connectivity index (χ3n) is 3.40. The molecule has 2 unspecified atom stereocenters. The Morgan fingerprint density at radius 1 is 0.833 bits per heavy atom. The first-order chi connectivity index (χ1) is 5.11. The second kappa shape index (κ2) is 4.94. The molecule has 69 valence electrons. The Morgan fingerprint density at radius 2 is 1.17 bits per heavy atom. The Labute approximate surface area is 79.7 Å². The summed E-state index contributed by atoms with van der Waals surface area (Å²) in [6.45, 7) is 9.47. The van der Waals surface area contributed by atoms with Gasteiger partial charge in [-0.05, 0) is 42.9 Å². The number of rotatable bonds is 2. The van der Waals surface area contributed by atoms with Crippen LogP contribution in [0.3, 0.4) is 0 Å². The van der Waals surface area contributed by atoms with E-state index in [0.717, 1.165) is 23.7 Å². The van der Waals surface area contributed by atoms with Crippen LogP contribution in [-0.2, 0) is 0 Å². The molecule has 0 aromatic carbocycles. The summed E-state index contributed by atoms with van der Waals surface area (Å²) in [5.74, 6) is 3.89. The van der Waals surface area contributed by atoms with Crippen LogP contribution in [0.2, 0.25) is 0 Å². The molecule has 1 fully saturated rings. The lowest BCUT2D eigenvalue weighted by Gasteiger charge is -2.16. The van der Waals surface area contributed by atoms with Crippen LogP contribution >= 0.6 is 0 Å². The van der Waals surface area contributed by atoms with Gasteiger partial charge >= 0.3 is 0 Å². The molecular weight excluding hydrogens is 143 g/mol. The third-order valence-corrected chi connectivity index (χ3v) is 3.40. The van der Waals surface area contributed by atoms with Crippen molar-refractivity contribution < 1.29 is 0 Å². The maximum Gasteiger partial charge on any atom is 0 e. The van der Waals surface area contributed by atoms with Crippen molar-refractivity contribution in [1.82, 2.24) is 0 Å². The van der Waals surface area contributed by atoms with Crippen molar-refractivity contribution in [2.45, 2.75) is 47.0 Å². The van der Waals surface area contributed by atoms with Gasteiger partial charge in [0.2, 0.25) is 0 Å². The van der Waals surface area contributed by atoms with Crippen molar-refractivity contribution in [1.29, 1.82) is 0 Å². The van der Waals surface area contributed by atoms with Gasteiger partial charge in [-0.25, -0.2) is 0 Å². The maximum atomic E-state index is 2.37. The summed E-state index contributed by atoms with van der Waals surface area (Å²) in [7, 11) is 0. The van der Waals surface area contributed by atoms with Crippen LogP contribution in [0.15, 0.2) is 0 Å². The largest absolute Gasteiger partial charge is 0.0625 e. The van der Waals surface area contributed by atoms with Gasteiger partial charge in [0.25, 0.3) is 0 Å². The van der Waals surface area contributed by atoms with Crippen molar-refractivity contribution in [2.75, 3.05) is 0 Å². The van der Waals surface area contributed by atoms with Crippen molar-refractivity contribution in [3.05, 3.63) is 0 Å². The quantitative estimate of drug-likeness (QED) is 0.550. The Morgan fingerprint density at radius 3 is 1.33 bits per heavy atom. The molecule has 1 aliphatic rings. The molecule has 12 heavy (non-hydrogen) atoms.